The monoisotopic (exact) mass is 258 g/mol. The number of hydroxylamine groups is 1. The maximum Gasteiger partial charge on any atom is 0.281 e. The number of aromatic nitrogens is 3. The largest absolute Gasteiger partial charge is 0.281 e. The fourth-order valence-corrected chi connectivity index (χ4v) is 2.98. The lowest BCUT2D eigenvalue weighted by atomic mass is 10.4. The smallest absolute Gasteiger partial charge is 0.266 e. The van der Waals surface area contributed by atoms with Gasteiger partial charge in [-0.1, -0.05) is 0 Å². The van der Waals surface area contributed by atoms with Crippen molar-refractivity contribution >= 4 is 29.4 Å². The maximum atomic E-state index is 11.5. The average molecular weight is 258 g/mol. The number of carbonyl (C=O) groups is 1. The van der Waals surface area contributed by atoms with Crippen molar-refractivity contribution in [1.82, 2.24) is 20.7 Å². The second kappa shape index (κ2) is 5.37. The minimum atomic E-state index is -0.355. The molecule has 0 bridgehead atoms. The molecule has 16 heavy (non-hydrogen) atoms. The van der Waals surface area contributed by atoms with Crippen LogP contribution >= 0.6 is 23.5 Å². The van der Waals surface area contributed by atoms with E-state index in [1.807, 2.05) is 5.41 Å². The molecular weight excluding hydrogens is 248 g/mol. The predicted molar refractivity (Wildman–Crippen MR) is 62.2 cm³/mol. The fraction of sp³-hybridized carbons (Fsp3) is 0.375. The second-order valence-electron chi connectivity index (χ2n) is 2.97. The molecule has 1 aromatic heterocycles. The van der Waals surface area contributed by atoms with Crippen molar-refractivity contribution in [3.05, 3.63) is 22.5 Å². The molecule has 0 saturated heterocycles. The lowest BCUT2D eigenvalue weighted by Crippen LogP contribution is -2.25. The zero-order valence-electron chi connectivity index (χ0n) is 8.47. The molecule has 0 fully saturated rings. The van der Waals surface area contributed by atoms with Gasteiger partial charge in [0.25, 0.3) is 5.91 Å². The zero-order chi connectivity index (χ0) is 11.4. The normalized spacial score (nSPS) is 16.9. The van der Waals surface area contributed by atoms with Crippen LogP contribution in [0.25, 0.3) is 0 Å². The molecule has 0 spiro atoms. The van der Waals surface area contributed by atoms with Crippen molar-refractivity contribution in [2.24, 2.45) is 0 Å². The minimum Gasteiger partial charge on any atom is -0.266 e. The minimum absolute atomic E-state index is 0.221. The van der Waals surface area contributed by atoms with Crippen LogP contribution in [-0.2, 0) is 9.63 Å². The third-order valence-corrected chi connectivity index (χ3v) is 4.03. The first-order chi connectivity index (χ1) is 7.77. The van der Waals surface area contributed by atoms with Crippen LogP contribution in [0.15, 0.2) is 16.6 Å². The number of carbonyl (C=O) groups excluding carboxylic acids is 1. The summed E-state index contributed by atoms with van der Waals surface area (Å²) < 4.78 is 0. The molecule has 0 saturated carbocycles. The number of hydrogen-bond acceptors (Lipinski definition) is 6. The van der Waals surface area contributed by atoms with Crippen LogP contribution in [0.1, 0.15) is 18.9 Å². The summed E-state index contributed by atoms with van der Waals surface area (Å²) in [4.78, 5) is 21.3. The summed E-state index contributed by atoms with van der Waals surface area (Å²) >= 11 is 3.09. The van der Waals surface area contributed by atoms with E-state index in [0.717, 1.165) is 5.08 Å². The van der Waals surface area contributed by atoms with Gasteiger partial charge in [0.05, 0.1) is 4.91 Å². The Hall–Kier alpha value is -0.990. The van der Waals surface area contributed by atoms with E-state index < -0.39 is 0 Å². The first kappa shape index (κ1) is 11.5. The molecule has 86 valence electrons. The van der Waals surface area contributed by atoms with Gasteiger partial charge in [-0.05, 0) is 12.3 Å². The van der Waals surface area contributed by atoms with Gasteiger partial charge < -0.3 is 0 Å². The van der Waals surface area contributed by atoms with Gasteiger partial charge in [-0.2, -0.15) is 5.10 Å². The highest BCUT2D eigenvalue weighted by molar-refractivity contribution is 8.22. The summed E-state index contributed by atoms with van der Waals surface area (Å²) in [6, 6.07) is 0. The Labute approximate surface area is 101 Å². The number of thioether (sulfide) groups is 2. The molecule has 2 N–H and O–H groups in total. The number of H-pyrrole nitrogens is 1. The van der Waals surface area contributed by atoms with Crippen LogP contribution in [0.3, 0.4) is 0 Å². The van der Waals surface area contributed by atoms with Gasteiger partial charge in [-0.15, -0.1) is 23.5 Å². The molecule has 0 radical (unpaired) electrons. The van der Waals surface area contributed by atoms with E-state index in [1.165, 1.54) is 18.1 Å². The standard InChI is InChI=1S/C8H10N4O2S2/c1-5(7-9-3-10-11-7)14-12-8(13)6-2-15-4-16-6/h2-3,5H,4H2,1H3,(H,12,13)(H,9,10,11)/t5-/m0/s1. The quantitative estimate of drug-likeness (QED) is 0.790. The van der Waals surface area contributed by atoms with Crippen LogP contribution in [0, 0.1) is 0 Å². The molecule has 6 nitrogen and oxygen atoms in total. The highest BCUT2D eigenvalue weighted by atomic mass is 32.2. The Morgan fingerprint density at radius 1 is 1.75 bits per heavy atom. The zero-order valence-corrected chi connectivity index (χ0v) is 10.1. The molecule has 0 aliphatic carbocycles. The fourth-order valence-electron chi connectivity index (χ4n) is 1.02. The Morgan fingerprint density at radius 2 is 2.62 bits per heavy atom. The Bertz CT molecular complexity index is 393. The Balaban J connectivity index is 1.81. The summed E-state index contributed by atoms with van der Waals surface area (Å²) in [6.45, 7) is 1.77. The molecule has 1 aliphatic rings. The van der Waals surface area contributed by atoms with Crippen LogP contribution in [0.2, 0.25) is 0 Å². The van der Waals surface area contributed by atoms with Crippen molar-refractivity contribution in [1.29, 1.82) is 0 Å². The van der Waals surface area contributed by atoms with Crippen LogP contribution in [0.4, 0.5) is 0 Å². The van der Waals surface area contributed by atoms with Crippen molar-refractivity contribution in [2.75, 3.05) is 5.08 Å². The molecule has 2 heterocycles. The van der Waals surface area contributed by atoms with E-state index in [-0.39, 0.29) is 12.0 Å². The highest BCUT2D eigenvalue weighted by Gasteiger charge is 2.16. The number of aromatic amines is 1. The number of nitrogens with zero attached hydrogens (tertiary/aromatic N) is 2. The van der Waals surface area contributed by atoms with Crippen LogP contribution in [-0.4, -0.2) is 26.2 Å². The predicted octanol–water partition coefficient (Wildman–Crippen LogP) is 1.19. The lowest BCUT2D eigenvalue weighted by Gasteiger charge is -2.10. The van der Waals surface area contributed by atoms with Gasteiger partial charge in [0.1, 0.15) is 12.4 Å². The average Bonchev–Trinajstić information content (AvgIpc) is 2.95. The van der Waals surface area contributed by atoms with Gasteiger partial charge in [-0.3, -0.25) is 14.7 Å². The van der Waals surface area contributed by atoms with E-state index in [0.29, 0.717) is 10.7 Å². The number of hydrogen-bond donors (Lipinski definition) is 2. The maximum absolute atomic E-state index is 11.5. The topological polar surface area (TPSA) is 79.9 Å². The molecule has 0 unspecified atom stereocenters. The van der Waals surface area contributed by atoms with E-state index in [4.69, 9.17) is 4.84 Å². The molecule has 1 aromatic rings. The summed E-state index contributed by atoms with van der Waals surface area (Å²) in [6.07, 6.45) is 1.04. The lowest BCUT2D eigenvalue weighted by molar-refractivity contribution is -0.133. The first-order valence-corrected chi connectivity index (χ1v) is 6.56. The van der Waals surface area contributed by atoms with Crippen molar-refractivity contribution in [3.8, 4) is 0 Å². The molecule has 0 aromatic carbocycles. The molecule has 1 amide bonds. The molecule has 2 rings (SSSR count). The van der Waals surface area contributed by atoms with E-state index >= 15 is 0 Å². The summed E-state index contributed by atoms with van der Waals surface area (Å²) in [5.74, 6) is 0.351. The summed E-state index contributed by atoms with van der Waals surface area (Å²) in [5, 5.41) is 9.07. The van der Waals surface area contributed by atoms with Gasteiger partial charge >= 0.3 is 0 Å². The summed E-state index contributed by atoms with van der Waals surface area (Å²) in [7, 11) is 0. The van der Waals surface area contributed by atoms with Crippen LogP contribution in [0.5, 0.6) is 0 Å². The highest BCUT2D eigenvalue weighted by Crippen LogP contribution is 2.31. The molecule has 8 heteroatoms. The van der Waals surface area contributed by atoms with Crippen molar-refractivity contribution in [2.45, 2.75) is 13.0 Å². The molecule has 1 aliphatic heterocycles. The van der Waals surface area contributed by atoms with E-state index in [2.05, 4.69) is 20.7 Å². The molecule has 1 atom stereocenters. The number of nitrogens with one attached hydrogen (secondary N) is 2. The number of amides is 1. The first-order valence-electron chi connectivity index (χ1n) is 4.53. The van der Waals surface area contributed by atoms with E-state index in [1.54, 1.807) is 18.7 Å². The van der Waals surface area contributed by atoms with Crippen molar-refractivity contribution in [3.63, 3.8) is 0 Å². The van der Waals surface area contributed by atoms with Crippen LogP contribution < -0.4 is 5.48 Å². The summed E-state index contributed by atoms with van der Waals surface area (Å²) in [5.41, 5.74) is 2.38. The van der Waals surface area contributed by atoms with E-state index in [9.17, 15) is 4.79 Å². The van der Waals surface area contributed by atoms with Gasteiger partial charge in [0, 0.05) is 5.08 Å². The van der Waals surface area contributed by atoms with Gasteiger partial charge in [0.15, 0.2) is 5.82 Å². The Kier molecular flexibility index (Phi) is 3.86. The van der Waals surface area contributed by atoms with Crippen molar-refractivity contribution < 1.29 is 9.63 Å². The SMILES string of the molecule is C[C@H](ONC(=O)C1=CSCS1)c1ncn[nH]1. The van der Waals surface area contributed by atoms with Gasteiger partial charge in [-0.25, -0.2) is 10.5 Å². The number of rotatable bonds is 4. The molecular formula is C8H10N4O2S2. The second-order valence-corrected chi connectivity index (χ2v) is 5.21. The third-order valence-electron chi connectivity index (χ3n) is 1.84. The van der Waals surface area contributed by atoms with Gasteiger partial charge in [0.2, 0.25) is 0 Å². The Morgan fingerprint density at radius 3 is 3.25 bits per heavy atom. The third kappa shape index (κ3) is 2.77.